The van der Waals surface area contributed by atoms with Crippen molar-refractivity contribution in [2.75, 3.05) is 0 Å². The lowest BCUT2D eigenvalue weighted by Gasteiger charge is -2.18. The highest BCUT2D eigenvalue weighted by Gasteiger charge is 2.30. The van der Waals surface area contributed by atoms with E-state index in [1.807, 2.05) is 0 Å². The number of amides is 4. The van der Waals surface area contributed by atoms with E-state index < -0.39 is 25.6 Å². The number of urea groups is 2. The van der Waals surface area contributed by atoms with Gasteiger partial charge < -0.3 is 31.9 Å². The van der Waals surface area contributed by atoms with Gasteiger partial charge in [-0.25, -0.2) is 9.59 Å². The summed E-state index contributed by atoms with van der Waals surface area (Å²) in [5.74, 6) is -1.90. The predicted molar refractivity (Wildman–Crippen MR) is 41.3 cm³/mol. The van der Waals surface area contributed by atoms with Crippen LogP contribution in [0.25, 0.3) is 0 Å². The summed E-state index contributed by atoms with van der Waals surface area (Å²) >= 11 is 0. The molecule has 13 heavy (non-hydrogen) atoms. The zero-order valence-electron chi connectivity index (χ0n) is 6.30. The lowest BCUT2D eigenvalue weighted by atomic mass is 10.9. The second-order valence-electron chi connectivity index (χ2n) is 2.01. The molecule has 8 N–H and O–H groups in total. The van der Waals surface area contributed by atoms with Gasteiger partial charge in [-0.1, -0.05) is 0 Å². The van der Waals surface area contributed by atoms with Gasteiger partial charge in [0.25, 0.3) is 0 Å². The molecule has 0 aliphatic carbocycles. The topological polar surface area (TPSA) is 168 Å². The first kappa shape index (κ1) is 11.7. The van der Waals surface area contributed by atoms with E-state index in [1.54, 1.807) is 10.6 Å². The van der Waals surface area contributed by atoms with Crippen LogP contribution in [-0.2, 0) is 4.57 Å². The van der Waals surface area contributed by atoms with Crippen molar-refractivity contribution in [3.05, 3.63) is 0 Å². The summed E-state index contributed by atoms with van der Waals surface area (Å²) in [6.07, 6.45) is 0. The summed E-state index contributed by atoms with van der Waals surface area (Å²) in [6, 6.07) is -2.39. The number of carbonyl (C=O) groups excluding carboxylic acids is 2. The third kappa shape index (κ3) is 5.01. The number of nitrogens with one attached hydrogen (secondary N) is 2. The van der Waals surface area contributed by atoms with Crippen molar-refractivity contribution in [3.8, 4) is 0 Å². The van der Waals surface area contributed by atoms with E-state index >= 15 is 0 Å². The number of rotatable bonds is 3. The van der Waals surface area contributed by atoms with E-state index in [-0.39, 0.29) is 0 Å². The molecule has 0 aliphatic heterocycles. The molecule has 9 nitrogen and oxygen atoms in total. The van der Waals surface area contributed by atoms with E-state index in [4.69, 9.17) is 9.79 Å². The summed E-state index contributed by atoms with van der Waals surface area (Å²) in [4.78, 5) is 37.5. The van der Waals surface area contributed by atoms with E-state index in [2.05, 4.69) is 11.5 Å². The molecule has 0 saturated heterocycles. The van der Waals surface area contributed by atoms with Gasteiger partial charge in [-0.15, -0.1) is 0 Å². The minimum atomic E-state index is -4.71. The quantitative estimate of drug-likeness (QED) is 0.230. The first-order chi connectivity index (χ1) is 5.73. The van der Waals surface area contributed by atoms with Gasteiger partial charge in [-0.05, 0) is 0 Å². The average molecular weight is 212 g/mol. The van der Waals surface area contributed by atoms with Gasteiger partial charge >= 0.3 is 19.7 Å². The molecule has 0 radical (unpaired) electrons. The maximum atomic E-state index is 10.6. The van der Waals surface area contributed by atoms with Crippen molar-refractivity contribution in [3.63, 3.8) is 0 Å². The number of hydrogen-bond donors (Lipinski definition) is 6. The minimum absolute atomic E-state index is 1.19. The molecule has 0 atom stereocenters. The first-order valence-corrected chi connectivity index (χ1v) is 4.59. The van der Waals surface area contributed by atoms with Crippen molar-refractivity contribution in [1.29, 1.82) is 0 Å². The molecule has 0 rings (SSSR count). The Bertz CT molecular complexity index is 245. The summed E-state index contributed by atoms with van der Waals surface area (Å²) < 4.78 is 10.6. The second kappa shape index (κ2) is 4.08. The van der Waals surface area contributed by atoms with Crippen LogP contribution in [0.5, 0.6) is 0 Å². The average Bonchev–Trinajstić information content (AvgIpc) is 1.81. The molecule has 0 aliphatic rings. The first-order valence-electron chi connectivity index (χ1n) is 2.90. The Morgan fingerprint density at radius 1 is 1.15 bits per heavy atom. The summed E-state index contributed by atoms with van der Waals surface area (Å²) in [5, 5.41) is 3.23. The van der Waals surface area contributed by atoms with Crippen molar-refractivity contribution in [2.24, 2.45) is 11.5 Å². The Morgan fingerprint density at radius 2 is 1.46 bits per heavy atom. The minimum Gasteiger partial charge on any atom is -0.352 e. The van der Waals surface area contributed by atoms with Crippen molar-refractivity contribution in [1.82, 2.24) is 10.6 Å². The number of hydrogen-bond acceptors (Lipinski definition) is 3. The molecule has 0 saturated carbocycles. The lowest BCUT2D eigenvalue weighted by Crippen LogP contribution is -2.51. The third-order valence-corrected chi connectivity index (χ3v) is 1.83. The van der Waals surface area contributed by atoms with Crippen LogP contribution in [0.4, 0.5) is 9.59 Å². The highest BCUT2D eigenvalue weighted by molar-refractivity contribution is 7.52. The summed E-state index contributed by atoms with van der Waals surface area (Å²) in [6.45, 7) is 0. The molecule has 4 amide bonds. The summed E-state index contributed by atoms with van der Waals surface area (Å²) in [5.41, 5.74) is 9.16. The number of nitrogens with two attached hydrogens (primary N) is 2. The van der Waals surface area contributed by atoms with Gasteiger partial charge in [0.05, 0.1) is 0 Å². The highest BCUT2D eigenvalue weighted by atomic mass is 31.2. The Balaban J connectivity index is 4.47. The highest BCUT2D eigenvalue weighted by Crippen LogP contribution is 2.37. The lowest BCUT2D eigenvalue weighted by molar-refractivity contribution is 0.235. The van der Waals surface area contributed by atoms with Crippen LogP contribution in [-0.4, -0.2) is 27.8 Å². The second-order valence-corrected chi connectivity index (χ2v) is 3.70. The Kier molecular flexibility index (Phi) is 3.67. The smallest absolute Gasteiger partial charge is 0.352 e. The maximum Gasteiger partial charge on any atom is 0.368 e. The van der Waals surface area contributed by atoms with Gasteiger partial charge in [-0.2, -0.15) is 0 Å². The Hall–Kier alpha value is -1.31. The van der Waals surface area contributed by atoms with Crippen LogP contribution in [0, 0.1) is 0 Å². The molecule has 0 fully saturated rings. The van der Waals surface area contributed by atoms with Gasteiger partial charge in [0.1, 0.15) is 0 Å². The van der Waals surface area contributed by atoms with Gasteiger partial charge in [0.2, 0.25) is 5.91 Å². The van der Waals surface area contributed by atoms with Crippen LogP contribution in [0.2, 0.25) is 0 Å². The molecule has 76 valence electrons. The number of primary amides is 2. The van der Waals surface area contributed by atoms with E-state index in [0.717, 1.165) is 0 Å². The maximum absolute atomic E-state index is 10.6. The van der Waals surface area contributed by atoms with Crippen molar-refractivity contribution in [2.45, 2.75) is 5.91 Å². The molecule has 10 heteroatoms. The molecule has 0 spiro atoms. The fourth-order valence-electron chi connectivity index (χ4n) is 0.474. The van der Waals surface area contributed by atoms with Crippen molar-refractivity contribution >= 4 is 19.7 Å². The number of carbonyl (C=O) groups is 2. The van der Waals surface area contributed by atoms with Crippen LogP contribution >= 0.6 is 7.60 Å². The normalized spacial score (nSPS) is 11.0. The van der Waals surface area contributed by atoms with E-state index in [1.165, 1.54) is 0 Å². The van der Waals surface area contributed by atoms with E-state index in [0.29, 0.717) is 0 Å². The molecule has 0 unspecified atom stereocenters. The molecule has 0 bridgehead atoms. The third-order valence-electron chi connectivity index (χ3n) is 0.894. The molecular formula is C3H9N4O5P. The molecule has 0 aromatic heterocycles. The fourth-order valence-corrected chi connectivity index (χ4v) is 1.06. The zero-order valence-corrected chi connectivity index (χ0v) is 7.19. The van der Waals surface area contributed by atoms with E-state index in [9.17, 15) is 14.2 Å². The van der Waals surface area contributed by atoms with Gasteiger partial charge in [0.15, 0.2) is 0 Å². The largest absolute Gasteiger partial charge is 0.368 e. The van der Waals surface area contributed by atoms with Gasteiger partial charge in [0, 0.05) is 0 Å². The summed E-state index contributed by atoms with van der Waals surface area (Å²) in [7, 11) is -4.71. The van der Waals surface area contributed by atoms with Crippen LogP contribution < -0.4 is 22.1 Å². The SMILES string of the molecule is NC(=O)NC(NC(N)=O)P(=O)(O)O. The molecule has 0 aromatic rings. The van der Waals surface area contributed by atoms with Crippen LogP contribution in [0.1, 0.15) is 0 Å². The van der Waals surface area contributed by atoms with Gasteiger partial charge in [-0.3, -0.25) is 4.57 Å². The fraction of sp³-hybridized carbons (Fsp3) is 0.333. The Morgan fingerprint density at radius 3 is 1.62 bits per heavy atom. The van der Waals surface area contributed by atoms with Crippen LogP contribution in [0.3, 0.4) is 0 Å². The Labute approximate surface area is 72.6 Å². The zero-order chi connectivity index (χ0) is 10.6. The predicted octanol–water partition coefficient (Wildman–Crippen LogP) is -2.22. The van der Waals surface area contributed by atoms with Crippen LogP contribution in [0.15, 0.2) is 0 Å². The van der Waals surface area contributed by atoms with Crippen molar-refractivity contribution < 1.29 is 23.9 Å². The standard InChI is InChI=1S/C3H9N4O5P/c4-1(8)6-3(7-2(5)9)13(10,11)12/h3H,(H3,4,6,8)(H3,5,7,9)(H2,10,11,12). The monoisotopic (exact) mass is 212 g/mol. The molecule has 0 heterocycles. The molecular weight excluding hydrogens is 203 g/mol. The molecule has 0 aromatic carbocycles.